The molecule has 0 atom stereocenters. The molecule has 2 aromatic heterocycles. The predicted octanol–water partition coefficient (Wildman–Crippen LogP) is 12.9. The summed E-state index contributed by atoms with van der Waals surface area (Å²) < 4.78 is 0. The molecule has 0 fully saturated rings. The molecule has 0 saturated carbocycles. The SMILES string of the molecule is c1cc(-c2cnc3ccccc3c2)cc(-c2cc(-c3ccc4ccccc4c3)nc3ccc(-c4cc5ccccc5c5ccccc45)cc23)c1. The Morgan fingerprint density at radius 3 is 1.86 bits per heavy atom. The minimum Gasteiger partial charge on any atom is -0.256 e. The molecule has 0 aliphatic heterocycles. The van der Waals surface area contributed by atoms with Crippen LogP contribution < -0.4 is 0 Å². The summed E-state index contributed by atoms with van der Waals surface area (Å²) in [6.45, 7) is 0. The Labute approximate surface area is 290 Å². The fraction of sp³-hybridized carbons (Fsp3) is 0. The van der Waals surface area contributed by atoms with Crippen LogP contribution in [-0.2, 0) is 0 Å². The van der Waals surface area contributed by atoms with Crippen LogP contribution in [0.3, 0.4) is 0 Å². The van der Waals surface area contributed by atoms with Crippen LogP contribution in [0.1, 0.15) is 0 Å². The van der Waals surface area contributed by atoms with Crippen LogP contribution in [0.2, 0.25) is 0 Å². The largest absolute Gasteiger partial charge is 0.256 e. The fourth-order valence-electron chi connectivity index (χ4n) is 7.52. The molecule has 2 nitrogen and oxygen atoms in total. The lowest BCUT2D eigenvalue weighted by Crippen LogP contribution is -1.92. The fourth-order valence-corrected chi connectivity index (χ4v) is 7.52. The molecule has 0 radical (unpaired) electrons. The van der Waals surface area contributed by atoms with E-state index in [-0.39, 0.29) is 0 Å². The zero-order valence-corrected chi connectivity index (χ0v) is 27.2. The Hall–Kier alpha value is -6.64. The first kappa shape index (κ1) is 28.4. The van der Waals surface area contributed by atoms with Gasteiger partial charge in [-0.1, -0.05) is 127 Å². The van der Waals surface area contributed by atoms with E-state index in [1.54, 1.807) is 0 Å². The van der Waals surface area contributed by atoms with E-state index in [1.165, 1.54) is 43.4 Å². The molecule has 2 heterocycles. The van der Waals surface area contributed by atoms with E-state index in [0.29, 0.717) is 0 Å². The number of benzene rings is 8. The second-order valence-electron chi connectivity index (χ2n) is 13.0. The molecular formula is C48H30N2. The highest BCUT2D eigenvalue weighted by molar-refractivity contribution is 6.14. The topological polar surface area (TPSA) is 25.8 Å². The third-order valence-corrected chi connectivity index (χ3v) is 10.0. The van der Waals surface area contributed by atoms with Gasteiger partial charge in [-0.05, 0) is 109 Å². The van der Waals surface area contributed by atoms with Crippen LogP contribution in [0.25, 0.3) is 98.8 Å². The summed E-state index contributed by atoms with van der Waals surface area (Å²) in [4.78, 5) is 10.1. The highest BCUT2D eigenvalue weighted by Gasteiger charge is 2.15. The van der Waals surface area contributed by atoms with Crippen molar-refractivity contribution in [1.82, 2.24) is 9.97 Å². The normalized spacial score (nSPS) is 11.6. The van der Waals surface area contributed by atoms with E-state index in [2.05, 4.69) is 170 Å². The highest BCUT2D eigenvalue weighted by atomic mass is 14.7. The van der Waals surface area contributed by atoms with Gasteiger partial charge < -0.3 is 0 Å². The second-order valence-corrected chi connectivity index (χ2v) is 13.0. The Morgan fingerprint density at radius 2 is 0.960 bits per heavy atom. The van der Waals surface area contributed by atoms with Crippen molar-refractivity contribution in [3.63, 3.8) is 0 Å². The highest BCUT2D eigenvalue weighted by Crippen LogP contribution is 2.40. The van der Waals surface area contributed by atoms with Crippen LogP contribution in [0.15, 0.2) is 182 Å². The number of hydrogen-bond donors (Lipinski definition) is 0. The number of rotatable bonds is 4. The molecule has 0 amide bonds. The van der Waals surface area contributed by atoms with E-state index in [4.69, 9.17) is 9.97 Å². The lowest BCUT2D eigenvalue weighted by molar-refractivity contribution is 1.40. The van der Waals surface area contributed by atoms with Gasteiger partial charge in [-0.2, -0.15) is 0 Å². The minimum atomic E-state index is 0.958. The van der Waals surface area contributed by atoms with Gasteiger partial charge in [-0.15, -0.1) is 0 Å². The Balaban J connectivity index is 1.20. The summed E-state index contributed by atoms with van der Waals surface area (Å²) >= 11 is 0. The minimum absolute atomic E-state index is 0.958. The van der Waals surface area contributed by atoms with Crippen molar-refractivity contribution < 1.29 is 0 Å². The first-order chi connectivity index (χ1) is 24.7. The van der Waals surface area contributed by atoms with Crippen molar-refractivity contribution >= 4 is 54.1 Å². The second kappa shape index (κ2) is 11.5. The van der Waals surface area contributed by atoms with Crippen LogP contribution in [0.4, 0.5) is 0 Å². The van der Waals surface area contributed by atoms with Crippen molar-refractivity contribution in [3.05, 3.63) is 182 Å². The first-order valence-corrected chi connectivity index (χ1v) is 17.1. The number of nitrogens with zero attached hydrogens (tertiary/aromatic N) is 2. The molecule has 0 spiro atoms. The van der Waals surface area contributed by atoms with Gasteiger partial charge in [0.25, 0.3) is 0 Å². The number of para-hydroxylation sites is 1. The van der Waals surface area contributed by atoms with Gasteiger partial charge >= 0.3 is 0 Å². The van der Waals surface area contributed by atoms with Gasteiger partial charge in [-0.25, -0.2) is 4.98 Å². The molecule has 232 valence electrons. The summed E-state index contributed by atoms with van der Waals surface area (Å²) in [6, 6.07) is 63.3. The summed E-state index contributed by atoms with van der Waals surface area (Å²) in [5.74, 6) is 0. The lowest BCUT2D eigenvalue weighted by atomic mass is 9.90. The summed E-state index contributed by atoms with van der Waals surface area (Å²) in [5.41, 5.74) is 11.0. The maximum absolute atomic E-state index is 5.29. The molecule has 10 aromatic rings. The Kier molecular flexibility index (Phi) is 6.53. The standard InChI is InChI=1S/C48H30N2/c1-2-11-32-25-38(21-20-31(32)10-1)48-29-44(34-15-9-14-33(24-34)39-26-37-13-4-8-19-46(37)49-30-39)45-28-36(22-23-47(45)50-48)43-27-35-12-3-5-16-40(35)41-17-6-7-18-42(41)43/h1-30H. The van der Waals surface area contributed by atoms with Gasteiger partial charge in [0, 0.05) is 28.1 Å². The number of aromatic nitrogens is 2. The maximum atomic E-state index is 5.29. The van der Waals surface area contributed by atoms with E-state index in [9.17, 15) is 0 Å². The van der Waals surface area contributed by atoms with Gasteiger partial charge in [-0.3, -0.25) is 4.98 Å². The zero-order valence-electron chi connectivity index (χ0n) is 27.2. The molecule has 8 aromatic carbocycles. The average Bonchev–Trinajstić information content (AvgIpc) is 3.19. The van der Waals surface area contributed by atoms with Gasteiger partial charge in [0.1, 0.15) is 0 Å². The van der Waals surface area contributed by atoms with E-state index in [0.717, 1.165) is 55.3 Å². The van der Waals surface area contributed by atoms with Crippen molar-refractivity contribution in [3.8, 4) is 44.6 Å². The molecule has 0 N–H and O–H groups in total. The maximum Gasteiger partial charge on any atom is 0.0716 e. The average molecular weight is 635 g/mol. The van der Waals surface area contributed by atoms with E-state index < -0.39 is 0 Å². The van der Waals surface area contributed by atoms with Crippen LogP contribution in [-0.4, -0.2) is 9.97 Å². The summed E-state index contributed by atoms with van der Waals surface area (Å²) in [5, 5.41) is 9.71. The Morgan fingerprint density at radius 1 is 0.300 bits per heavy atom. The third-order valence-electron chi connectivity index (χ3n) is 10.0. The predicted molar refractivity (Wildman–Crippen MR) is 211 cm³/mol. The first-order valence-electron chi connectivity index (χ1n) is 17.1. The number of pyridine rings is 2. The van der Waals surface area contributed by atoms with Gasteiger partial charge in [0.15, 0.2) is 0 Å². The number of fused-ring (bicyclic) bond motifs is 6. The Bertz CT molecular complexity index is 2940. The van der Waals surface area contributed by atoms with E-state index >= 15 is 0 Å². The van der Waals surface area contributed by atoms with Crippen molar-refractivity contribution in [2.24, 2.45) is 0 Å². The molecule has 0 aliphatic carbocycles. The van der Waals surface area contributed by atoms with Crippen LogP contribution >= 0.6 is 0 Å². The number of hydrogen-bond acceptors (Lipinski definition) is 2. The molecular weight excluding hydrogens is 605 g/mol. The van der Waals surface area contributed by atoms with Crippen LogP contribution in [0.5, 0.6) is 0 Å². The molecule has 0 saturated heterocycles. The summed E-state index contributed by atoms with van der Waals surface area (Å²) in [7, 11) is 0. The van der Waals surface area contributed by atoms with Crippen molar-refractivity contribution in [1.29, 1.82) is 0 Å². The quantitative estimate of drug-likeness (QED) is 0.180. The smallest absolute Gasteiger partial charge is 0.0716 e. The molecule has 50 heavy (non-hydrogen) atoms. The molecule has 10 rings (SSSR count). The van der Waals surface area contributed by atoms with Gasteiger partial charge in [0.2, 0.25) is 0 Å². The molecule has 0 unspecified atom stereocenters. The van der Waals surface area contributed by atoms with Crippen molar-refractivity contribution in [2.45, 2.75) is 0 Å². The molecule has 0 bridgehead atoms. The molecule has 0 aliphatic rings. The lowest BCUT2D eigenvalue weighted by Gasteiger charge is -2.15. The third kappa shape index (κ3) is 4.81. The van der Waals surface area contributed by atoms with Crippen molar-refractivity contribution in [2.75, 3.05) is 0 Å². The van der Waals surface area contributed by atoms with Gasteiger partial charge in [0.05, 0.1) is 16.7 Å². The van der Waals surface area contributed by atoms with E-state index in [1.807, 2.05) is 12.3 Å². The monoisotopic (exact) mass is 634 g/mol. The van der Waals surface area contributed by atoms with Crippen LogP contribution in [0, 0.1) is 0 Å². The summed E-state index contributed by atoms with van der Waals surface area (Å²) in [6.07, 6.45) is 1.98. The molecule has 2 heteroatoms. The zero-order chi connectivity index (χ0) is 33.0.